The highest BCUT2D eigenvalue weighted by Crippen LogP contribution is 2.07. The van der Waals surface area contributed by atoms with E-state index in [0.29, 0.717) is 56.6 Å². The first-order valence-corrected chi connectivity index (χ1v) is 13.9. The topological polar surface area (TPSA) is 231 Å². The number of H-pyrrole nitrogens is 1. The van der Waals surface area contributed by atoms with Gasteiger partial charge in [-0.2, -0.15) is 11.8 Å². The number of nitrogens with two attached hydrogens (primary N) is 3. The minimum absolute atomic E-state index is 0.0501. The van der Waals surface area contributed by atoms with Crippen molar-refractivity contribution in [1.82, 2.24) is 25.9 Å². The fourth-order valence-corrected chi connectivity index (χ4v) is 4.01. The molecular weight excluding hydrogens is 500 g/mol. The lowest BCUT2D eigenvalue weighted by atomic mass is 10.0. The first-order chi connectivity index (χ1) is 17.7. The molecule has 3 amide bonds. The van der Waals surface area contributed by atoms with Gasteiger partial charge in [-0.1, -0.05) is 6.42 Å². The van der Waals surface area contributed by atoms with Crippen molar-refractivity contribution < 1.29 is 24.3 Å². The molecule has 0 saturated heterocycles. The maximum atomic E-state index is 13.3. The Hall–Kier alpha value is -2.68. The summed E-state index contributed by atoms with van der Waals surface area (Å²) in [6.07, 6.45) is 8.43. The Morgan fingerprint density at radius 2 is 1.51 bits per heavy atom. The first-order valence-electron chi connectivity index (χ1n) is 12.5. The molecule has 0 aliphatic carbocycles. The van der Waals surface area contributed by atoms with E-state index in [9.17, 15) is 24.3 Å². The molecule has 0 radical (unpaired) electrons. The molecule has 14 heteroatoms. The lowest BCUT2D eigenvalue weighted by Crippen LogP contribution is -2.57. The summed E-state index contributed by atoms with van der Waals surface area (Å²) in [4.78, 5) is 57.4. The number of thioether (sulfide) groups is 1. The molecule has 0 aromatic carbocycles. The molecule has 0 spiro atoms. The van der Waals surface area contributed by atoms with Crippen LogP contribution in [0.2, 0.25) is 0 Å². The molecule has 1 heterocycles. The van der Waals surface area contributed by atoms with E-state index < -0.39 is 47.9 Å². The zero-order chi connectivity index (χ0) is 27.6. The van der Waals surface area contributed by atoms with Gasteiger partial charge in [-0.15, -0.1) is 0 Å². The van der Waals surface area contributed by atoms with Crippen LogP contribution in [0.15, 0.2) is 12.5 Å². The smallest absolute Gasteiger partial charge is 0.326 e. The number of unbranched alkanes of at least 4 members (excludes halogenated alkanes) is 2. The van der Waals surface area contributed by atoms with E-state index in [-0.39, 0.29) is 12.8 Å². The summed E-state index contributed by atoms with van der Waals surface area (Å²) in [5, 5.41) is 17.4. The number of aliphatic carboxylic acids is 1. The zero-order valence-electron chi connectivity index (χ0n) is 21.4. The van der Waals surface area contributed by atoms with Crippen molar-refractivity contribution in [1.29, 1.82) is 0 Å². The van der Waals surface area contributed by atoms with Crippen molar-refractivity contribution in [3.63, 3.8) is 0 Å². The van der Waals surface area contributed by atoms with Gasteiger partial charge in [-0.05, 0) is 63.6 Å². The molecule has 1 aromatic rings. The number of hydrogen-bond acceptors (Lipinski definition) is 9. The fraction of sp³-hybridized carbons (Fsp3) is 0.696. The second-order valence-electron chi connectivity index (χ2n) is 8.76. The van der Waals surface area contributed by atoms with E-state index in [1.54, 1.807) is 0 Å². The third-order valence-electron chi connectivity index (χ3n) is 5.72. The van der Waals surface area contributed by atoms with Crippen LogP contribution in [0.3, 0.4) is 0 Å². The number of nitrogens with zero attached hydrogens (tertiary/aromatic N) is 1. The Labute approximate surface area is 221 Å². The van der Waals surface area contributed by atoms with Crippen molar-refractivity contribution in [3.8, 4) is 0 Å². The molecule has 0 aliphatic heterocycles. The lowest BCUT2D eigenvalue weighted by molar-refractivity contribution is -0.142. The number of rotatable bonds is 20. The maximum absolute atomic E-state index is 13.3. The number of imidazole rings is 1. The summed E-state index contributed by atoms with van der Waals surface area (Å²) in [5.74, 6) is -2.32. The van der Waals surface area contributed by atoms with Crippen molar-refractivity contribution >= 4 is 35.5 Å². The largest absolute Gasteiger partial charge is 0.480 e. The highest BCUT2D eigenvalue weighted by Gasteiger charge is 2.30. The second kappa shape index (κ2) is 18.5. The average molecular weight is 543 g/mol. The highest BCUT2D eigenvalue weighted by atomic mass is 32.2. The third kappa shape index (κ3) is 12.9. The zero-order valence-corrected chi connectivity index (χ0v) is 22.2. The third-order valence-corrected chi connectivity index (χ3v) is 6.37. The Morgan fingerprint density at radius 1 is 0.919 bits per heavy atom. The normalized spacial score (nSPS) is 14.3. The van der Waals surface area contributed by atoms with Gasteiger partial charge in [0.25, 0.3) is 0 Å². The van der Waals surface area contributed by atoms with Gasteiger partial charge < -0.3 is 43.2 Å². The first kappa shape index (κ1) is 32.3. The Kier molecular flexibility index (Phi) is 16.2. The van der Waals surface area contributed by atoms with Gasteiger partial charge >= 0.3 is 5.97 Å². The number of carboxylic acid groups (broad SMARTS) is 1. The fourth-order valence-electron chi connectivity index (χ4n) is 3.54. The Morgan fingerprint density at radius 3 is 2.08 bits per heavy atom. The molecule has 1 aromatic heterocycles. The van der Waals surface area contributed by atoms with Crippen molar-refractivity contribution in [3.05, 3.63) is 18.2 Å². The van der Waals surface area contributed by atoms with Crippen LogP contribution in [0, 0.1) is 0 Å². The molecule has 4 atom stereocenters. The van der Waals surface area contributed by atoms with Crippen LogP contribution in [0.5, 0.6) is 0 Å². The number of carboxylic acids is 1. The predicted octanol–water partition coefficient (Wildman–Crippen LogP) is -1.17. The minimum Gasteiger partial charge on any atom is -0.480 e. The van der Waals surface area contributed by atoms with E-state index in [0.717, 1.165) is 6.42 Å². The summed E-state index contributed by atoms with van der Waals surface area (Å²) in [6, 6.07) is -3.94. The van der Waals surface area contributed by atoms with Crippen LogP contribution in [0.4, 0.5) is 0 Å². The number of aromatic nitrogens is 2. The van der Waals surface area contributed by atoms with Crippen molar-refractivity contribution in [2.75, 3.05) is 25.1 Å². The van der Waals surface area contributed by atoms with Gasteiger partial charge in [0, 0.05) is 18.3 Å². The number of aromatic amines is 1. The average Bonchev–Trinajstić information content (AvgIpc) is 3.38. The Bertz CT molecular complexity index is 826. The van der Waals surface area contributed by atoms with Gasteiger partial charge in [0.15, 0.2) is 0 Å². The molecule has 11 N–H and O–H groups in total. The van der Waals surface area contributed by atoms with Crippen LogP contribution >= 0.6 is 11.8 Å². The van der Waals surface area contributed by atoms with Gasteiger partial charge in [0.05, 0.1) is 12.4 Å². The van der Waals surface area contributed by atoms with Crippen LogP contribution in [0.1, 0.15) is 50.6 Å². The van der Waals surface area contributed by atoms with Crippen LogP contribution < -0.4 is 33.2 Å². The molecular formula is C23H42N8O5S. The van der Waals surface area contributed by atoms with Gasteiger partial charge in [0.2, 0.25) is 17.7 Å². The molecule has 4 unspecified atom stereocenters. The van der Waals surface area contributed by atoms with E-state index in [2.05, 4.69) is 25.9 Å². The molecule has 1 rings (SSSR count). The van der Waals surface area contributed by atoms with E-state index in [1.807, 2.05) is 6.26 Å². The number of hydrogen-bond donors (Lipinski definition) is 8. The highest BCUT2D eigenvalue weighted by molar-refractivity contribution is 7.98. The summed E-state index contributed by atoms with van der Waals surface area (Å²) in [6.45, 7) is 0.927. The van der Waals surface area contributed by atoms with Crippen molar-refractivity contribution in [2.24, 2.45) is 17.2 Å². The number of carbonyl (C=O) groups is 4. The summed E-state index contributed by atoms with van der Waals surface area (Å²) < 4.78 is 0. The quantitative estimate of drug-likeness (QED) is 0.0919. The van der Waals surface area contributed by atoms with E-state index >= 15 is 0 Å². The van der Waals surface area contributed by atoms with Gasteiger partial charge in [-0.25, -0.2) is 9.78 Å². The molecule has 0 saturated carbocycles. The summed E-state index contributed by atoms with van der Waals surface area (Å²) in [7, 11) is 0. The number of nitrogens with one attached hydrogen (secondary N) is 4. The molecule has 13 nitrogen and oxygen atoms in total. The van der Waals surface area contributed by atoms with Crippen LogP contribution in [-0.2, 0) is 25.6 Å². The predicted molar refractivity (Wildman–Crippen MR) is 143 cm³/mol. The van der Waals surface area contributed by atoms with Crippen LogP contribution in [-0.4, -0.2) is 88.0 Å². The van der Waals surface area contributed by atoms with E-state index in [1.165, 1.54) is 24.3 Å². The molecule has 210 valence electrons. The standard InChI is InChI=1S/C23H42N8O5S/c1-37-11-8-18(23(35)36)30-22(34)19(12-15-13-27-14-28-15)31-21(33)17(7-3-5-10-25)29-20(32)16(26)6-2-4-9-24/h13-14,16-19H,2-12,24-26H2,1H3,(H,27,28)(H,29,32)(H,30,34)(H,31,33)(H,35,36). The Balaban J connectivity index is 2.99. The molecule has 0 bridgehead atoms. The molecule has 37 heavy (non-hydrogen) atoms. The lowest BCUT2D eigenvalue weighted by Gasteiger charge is -2.25. The summed E-state index contributed by atoms with van der Waals surface area (Å²) >= 11 is 1.46. The SMILES string of the molecule is CSCCC(NC(=O)C(Cc1cnc[nH]1)NC(=O)C(CCCCN)NC(=O)C(N)CCCCN)C(=O)O. The molecule has 0 fully saturated rings. The monoisotopic (exact) mass is 542 g/mol. The second-order valence-corrected chi connectivity index (χ2v) is 9.75. The number of amides is 3. The van der Waals surface area contributed by atoms with Crippen LogP contribution in [0.25, 0.3) is 0 Å². The maximum Gasteiger partial charge on any atom is 0.326 e. The summed E-state index contributed by atoms with van der Waals surface area (Å²) in [5.41, 5.74) is 17.6. The molecule has 0 aliphatic rings. The van der Waals surface area contributed by atoms with Crippen molar-refractivity contribution in [2.45, 2.75) is 75.5 Å². The van der Waals surface area contributed by atoms with Gasteiger partial charge in [0.1, 0.15) is 18.1 Å². The van der Waals surface area contributed by atoms with Gasteiger partial charge in [-0.3, -0.25) is 14.4 Å². The van der Waals surface area contributed by atoms with E-state index in [4.69, 9.17) is 17.2 Å². The minimum atomic E-state index is -1.16. The number of carbonyl (C=O) groups excluding carboxylic acids is 3.